The summed E-state index contributed by atoms with van der Waals surface area (Å²) in [6, 6.07) is 9.28. The fraction of sp³-hybridized carbons (Fsp3) is 0.250. The third-order valence-electron chi connectivity index (χ3n) is 5.12. The first-order chi connectivity index (χ1) is 17.2. The average molecular weight is 517 g/mol. The van der Waals surface area contributed by atoms with E-state index in [0.717, 1.165) is 23.9 Å². The fourth-order valence-corrected chi connectivity index (χ4v) is 4.42. The number of rotatable bonds is 5. The Morgan fingerprint density at radius 3 is 2.67 bits per heavy atom. The second kappa shape index (κ2) is 10.3. The van der Waals surface area contributed by atoms with Gasteiger partial charge in [0.05, 0.1) is 35.3 Å². The normalized spacial score (nSPS) is 17.0. The lowest BCUT2D eigenvalue weighted by Crippen LogP contribution is -2.49. The average Bonchev–Trinajstić information content (AvgIpc) is 3.20. The largest absolute Gasteiger partial charge is 0.490 e. The van der Waals surface area contributed by atoms with Crippen LogP contribution in [0.1, 0.15) is 23.6 Å². The maximum atomic E-state index is 13.5. The quantitative estimate of drug-likeness (QED) is 0.595. The lowest BCUT2D eigenvalue weighted by molar-refractivity contribution is -0.138. The molecule has 0 atom stereocenters. The van der Waals surface area contributed by atoms with Gasteiger partial charge in [0.2, 0.25) is 5.91 Å². The number of hydrogen-bond donors (Lipinski definition) is 1. The molecule has 2 aliphatic heterocycles. The number of carbonyl (C=O) groups is 2. The van der Waals surface area contributed by atoms with Crippen molar-refractivity contribution in [1.82, 2.24) is 10.2 Å². The highest BCUT2D eigenvalue weighted by molar-refractivity contribution is 8.18. The summed E-state index contributed by atoms with van der Waals surface area (Å²) >= 11 is 1.14. The van der Waals surface area contributed by atoms with Crippen molar-refractivity contribution < 1.29 is 32.2 Å². The number of thioether (sulfide) groups is 1. The van der Waals surface area contributed by atoms with E-state index in [4.69, 9.17) is 14.7 Å². The number of hydrogen-bond acceptors (Lipinski definition) is 7. The van der Waals surface area contributed by atoms with Crippen LogP contribution < -0.4 is 14.8 Å². The molecule has 0 bridgehead atoms. The highest BCUT2D eigenvalue weighted by atomic mass is 32.2. The predicted molar refractivity (Wildman–Crippen MR) is 126 cm³/mol. The number of amides is 2. The standard InChI is InChI=1S/C24H19F3N4O4S/c1-2-34-19-10-14(11-20-22(33)30-23(36-20)31-8-7-29-21(32)13-31)3-6-18(19)35-17-5-4-15(12-28)9-16(17)24(25,26)27/h3-6,9-11H,2,7-8,13H2,1H3,(H,29,32). The van der Waals surface area contributed by atoms with Crippen LogP contribution >= 0.6 is 11.8 Å². The molecule has 36 heavy (non-hydrogen) atoms. The number of carbonyl (C=O) groups excluding carboxylic acids is 2. The van der Waals surface area contributed by atoms with Crippen LogP contribution in [-0.2, 0) is 15.8 Å². The Kier molecular flexibility index (Phi) is 7.21. The second-order valence-electron chi connectivity index (χ2n) is 7.64. The van der Waals surface area contributed by atoms with Crippen LogP contribution in [0.25, 0.3) is 6.08 Å². The molecule has 2 aliphatic rings. The van der Waals surface area contributed by atoms with Gasteiger partial charge in [-0.25, -0.2) is 0 Å². The first-order valence-corrected chi connectivity index (χ1v) is 11.6. The molecule has 0 saturated carbocycles. The summed E-state index contributed by atoms with van der Waals surface area (Å²) in [5, 5.41) is 12.1. The number of alkyl halides is 3. The summed E-state index contributed by atoms with van der Waals surface area (Å²) in [5.41, 5.74) is -0.684. The first kappa shape index (κ1) is 25.1. The van der Waals surface area contributed by atoms with Crippen molar-refractivity contribution in [2.75, 3.05) is 26.2 Å². The molecule has 8 nitrogen and oxygen atoms in total. The van der Waals surface area contributed by atoms with Gasteiger partial charge in [-0.3, -0.25) is 9.59 Å². The molecule has 1 fully saturated rings. The van der Waals surface area contributed by atoms with Gasteiger partial charge in [0, 0.05) is 13.1 Å². The van der Waals surface area contributed by atoms with Gasteiger partial charge in [-0.2, -0.15) is 23.4 Å². The van der Waals surface area contributed by atoms with Gasteiger partial charge in [0.25, 0.3) is 5.91 Å². The summed E-state index contributed by atoms with van der Waals surface area (Å²) in [5.74, 6) is -0.864. The summed E-state index contributed by atoms with van der Waals surface area (Å²) in [6.07, 6.45) is -3.15. The minimum Gasteiger partial charge on any atom is -0.490 e. The van der Waals surface area contributed by atoms with Crippen LogP contribution in [0.15, 0.2) is 46.3 Å². The van der Waals surface area contributed by atoms with E-state index in [1.807, 2.05) is 0 Å². The summed E-state index contributed by atoms with van der Waals surface area (Å²) in [6.45, 7) is 3.03. The Balaban J connectivity index is 1.59. The molecule has 0 aliphatic carbocycles. The topological polar surface area (TPSA) is 104 Å². The molecule has 12 heteroatoms. The number of benzene rings is 2. The van der Waals surface area contributed by atoms with Gasteiger partial charge in [-0.1, -0.05) is 6.07 Å². The molecule has 1 N–H and O–H groups in total. The van der Waals surface area contributed by atoms with Crippen molar-refractivity contribution in [3.63, 3.8) is 0 Å². The van der Waals surface area contributed by atoms with E-state index in [-0.39, 0.29) is 36.1 Å². The Hall–Kier alpha value is -3.98. The van der Waals surface area contributed by atoms with E-state index >= 15 is 0 Å². The van der Waals surface area contributed by atoms with Gasteiger partial charge in [0.1, 0.15) is 5.75 Å². The molecule has 0 spiro atoms. The van der Waals surface area contributed by atoms with Crippen molar-refractivity contribution in [2.45, 2.75) is 13.1 Å². The molecule has 4 rings (SSSR count). The lowest BCUT2D eigenvalue weighted by atomic mass is 10.1. The van der Waals surface area contributed by atoms with Crippen molar-refractivity contribution in [3.05, 3.63) is 58.0 Å². The Bertz CT molecular complexity index is 1320. The number of piperazine rings is 1. The van der Waals surface area contributed by atoms with E-state index in [1.54, 1.807) is 36.1 Å². The number of halogens is 3. The summed E-state index contributed by atoms with van der Waals surface area (Å²) in [7, 11) is 0. The smallest absolute Gasteiger partial charge is 0.420 e. The zero-order chi connectivity index (χ0) is 25.9. The van der Waals surface area contributed by atoms with Crippen LogP contribution in [0.3, 0.4) is 0 Å². The summed E-state index contributed by atoms with van der Waals surface area (Å²) in [4.78, 5) is 30.2. The maximum Gasteiger partial charge on any atom is 0.420 e. The van der Waals surface area contributed by atoms with Crippen molar-refractivity contribution >= 4 is 34.8 Å². The lowest BCUT2D eigenvalue weighted by Gasteiger charge is -2.27. The molecule has 2 heterocycles. The second-order valence-corrected chi connectivity index (χ2v) is 8.65. The Morgan fingerprint density at radius 2 is 1.97 bits per heavy atom. The molecule has 2 aromatic carbocycles. The zero-order valence-corrected chi connectivity index (χ0v) is 19.7. The minimum absolute atomic E-state index is 0.0378. The third kappa shape index (κ3) is 5.63. The van der Waals surface area contributed by atoms with E-state index < -0.39 is 23.4 Å². The van der Waals surface area contributed by atoms with Crippen molar-refractivity contribution in [1.29, 1.82) is 5.26 Å². The Morgan fingerprint density at radius 1 is 1.19 bits per heavy atom. The van der Waals surface area contributed by atoms with E-state index in [9.17, 15) is 22.8 Å². The highest BCUT2D eigenvalue weighted by Crippen LogP contribution is 2.41. The monoisotopic (exact) mass is 516 g/mol. The van der Waals surface area contributed by atoms with Crippen LogP contribution in [0.2, 0.25) is 0 Å². The molecule has 1 saturated heterocycles. The molecule has 0 radical (unpaired) electrons. The van der Waals surface area contributed by atoms with E-state index in [2.05, 4.69) is 10.3 Å². The molecule has 0 aromatic heterocycles. The van der Waals surface area contributed by atoms with Gasteiger partial charge < -0.3 is 19.7 Å². The molecule has 0 unspecified atom stereocenters. The SMILES string of the molecule is CCOc1cc(C=C2SC(N3CCNC(=O)C3)=NC2=O)ccc1Oc1ccc(C#N)cc1C(F)(F)F. The van der Waals surface area contributed by atoms with Crippen molar-refractivity contribution in [3.8, 4) is 23.3 Å². The van der Waals surface area contributed by atoms with Gasteiger partial charge in [0.15, 0.2) is 16.7 Å². The number of aliphatic imine (C=N–C) groups is 1. The van der Waals surface area contributed by atoms with Crippen LogP contribution in [-0.4, -0.2) is 48.1 Å². The number of nitrogens with zero attached hydrogens (tertiary/aromatic N) is 3. The van der Waals surface area contributed by atoms with E-state index in [1.165, 1.54) is 12.1 Å². The highest BCUT2D eigenvalue weighted by Gasteiger charge is 2.35. The maximum absolute atomic E-state index is 13.5. The van der Waals surface area contributed by atoms with Gasteiger partial charge in [-0.15, -0.1) is 0 Å². The van der Waals surface area contributed by atoms with Crippen LogP contribution in [0.5, 0.6) is 17.2 Å². The number of amidine groups is 1. The van der Waals surface area contributed by atoms with Gasteiger partial charge in [-0.05, 0) is 60.7 Å². The number of nitriles is 1. The molecular weight excluding hydrogens is 497 g/mol. The number of nitrogens with one attached hydrogen (secondary N) is 1. The fourth-order valence-electron chi connectivity index (χ4n) is 3.48. The Labute approximate surface area is 208 Å². The van der Waals surface area contributed by atoms with E-state index in [0.29, 0.717) is 28.7 Å². The van der Waals surface area contributed by atoms with Gasteiger partial charge >= 0.3 is 6.18 Å². The molecule has 2 aromatic rings. The zero-order valence-electron chi connectivity index (χ0n) is 18.9. The van der Waals surface area contributed by atoms with Crippen molar-refractivity contribution in [2.24, 2.45) is 4.99 Å². The first-order valence-electron chi connectivity index (χ1n) is 10.8. The summed E-state index contributed by atoms with van der Waals surface area (Å²) < 4.78 is 51.7. The predicted octanol–water partition coefficient (Wildman–Crippen LogP) is 4.17. The third-order valence-corrected chi connectivity index (χ3v) is 6.16. The molecule has 2 amide bonds. The van der Waals surface area contributed by atoms with Crippen LogP contribution in [0, 0.1) is 11.3 Å². The minimum atomic E-state index is -4.73. The molecule has 186 valence electrons. The van der Waals surface area contributed by atoms with Crippen LogP contribution in [0.4, 0.5) is 13.2 Å². The molecular formula is C24H19F3N4O4S. The number of ether oxygens (including phenoxy) is 2.